The molecule has 0 saturated carbocycles. The van der Waals surface area contributed by atoms with Crippen molar-refractivity contribution in [3.63, 3.8) is 0 Å². The second-order valence-electron chi connectivity index (χ2n) is 8.75. The highest BCUT2D eigenvalue weighted by molar-refractivity contribution is 5.90. The molecule has 0 aromatic heterocycles. The third-order valence-electron chi connectivity index (χ3n) is 6.57. The molecule has 2 aliphatic heterocycles. The highest BCUT2D eigenvalue weighted by Crippen LogP contribution is 2.45. The monoisotopic (exact) mass is 440 g/mol. The highest BCUT2D eigenvalue weighted by atomic mass is 16.5. The molecule has 0 aliphatic carbocycles. The molecule has 32 heavy (non-hydrogen) atoms. The van der Waals surface area contributed by atoms with Gasteiger partial charge < -0.3 is 29.9 Å². The number of amides is 1. The Hall–Kier alpha value is -2.61. The van der Waals surface area contributed by atoms with Crippen LogP contribution in [0.5, 0.6) is 11.5 Å². The van der Waals surface area contributed by atoms with E-state index in [-0.39, 0.29) is 11.5 Å². The fraction of sp³-hybridized carbons (Fsp3) is 0.480. The molecule has 2 unspecified atom stereocenters. The standard InChI is InChI=1S/C25H32N2O5/c1-3-24(30)26-18-6-4-17(5-7-18)22(29)16-27-12-10-25(11-13-27)15-21(28)20-14-19(31-2)8-9-23(20)32-25/h4-9,14,21-22,28-29H,3,10-13,15-16H2,1-2H3,(H,26,30). The molecule has 3 N–H and O–H groups in total. The van der Waals surface area contributed by atoms with Gasteiger partial charge in [-0.25, -0.2) is 0 Å². The van der Waals surface area contributed by atoms with Crippen LogP contribution in [0.3, 0.4) is 0 Å². The van der Waals surface area contributed by atoms with Crippen molar-refractivity contribution in [3.05, 3.63) is 53.6 Å². The second-order valence-corrected chi connectivity index (χ2v) is 8.75. The molecular formula is C25H32N2O5. The lowest BCUT2D eigenvalue weighted by Gasteiger charge is -2.46. The maximum absolute atomic E-state index is 11.5. The quantitative estimate of drug-likeness (QED) is 0.638. The van der Waals surface area contributed by atoms with Gasteiger partial charge in [0.25, 0.3) is 0 Å². The Morgan fingerprint density at radius 1 is 1.25 bits per heavy atom. The number of aliphatic hydroxyl groups excluding tert-OH is 2. The van der Waals surface area contributed by atoms with Crippen LogP contribution in [-0.4, -0.2) is 53.4 Å². The number of fused-ring (bicyclic) bond motifs is 1. The Labute approximate surface area is 189 Å². The van der Waals surface area contributed by atoms with Crippen molar-refractivity contribution < 1.29 is 24.5 Å². The summed E-state index contributed by atoms with van der Waals surface area (Å²) in [5.74, 6) is 1.41. The number of hydrogen-bond acceptors (Lipinski definition) is 6. The summed E-state index contributed by atoms with van der Waals surface area (Å²) < 4.78 is 11.6. The number of ether oxygens (including phenoxy) is 2. The molecular weight excluding hydrogens is 408 g/mol. The van der Waals surface area contributed by atoms with Gasteiger partial charge in [-0.2, -0.15) is 0 Å². The maximum Gasteiger partial charge on any atom is 0.224 e. The van der Waals surface area contributed by atoms with Gasteiger partial charge in [-0.3, -0.25) is 4.79 Å². The average Bonchev–Trinajstić information content (AvgIpc) is 2.81. The van der Waals surface area contributed by atoms with Crippen molar-refractivity contribution in [1.29, 1.82) is 0 Å². The molecule has 7 nitrogen and oxygen atoms in total. The van der Waals surface area contributed by atoms with Gasteiger partial charge in [-0.05, 0) is 48.7 Å². The van der Waals surface area contributed by atoms with E-state index in [1.807, 2.05) is 49.4 Å². The second kappa shape index (κ2) is 9.48. The first-order valence-corrected chi connectivity index (χ1v) is 11.3. The lowest BCUT2D eigenvalue weighted by molar-refractivity contribution is -0.115. The SMILES string of the molecule is CCC(=O)Nc1ccc(C(O)CN2CCC3(CC2)CC(O)c2cc(OC)ccc2O3)cc1. The molecule has 2 aliphatic rings. The fourth-order valence-electron chi connectivity index (χ4n) is 4.58. The molecule has 0 bridgehead atoms. The maximum atomic E-state index is 11.5. The highest BCUT2D eigenvalue weighted by Gasteiger charge is 2.43. The summed E-state index contributed by atoms with van der Waals surface area (Å²) in [5, 5.41) is 24.3. The Bertz CT molecular complexity index is 938. The number of piperidine rings is 1. The number of benzene rings is 2. The number of methoxy groups -OCH3 is 1. The number of rotatable bonds is 6. The number of nitrogens with one attached hydrogen (secondary N) is 1. The third-order valence-corrected chi connectivity index (χ3v) is 6.57. The zero-order valence-electron chi connectivity index (χ0n) is 18.7. The number of carbonyl (C=O) groups is 1. The van der Waals surface area contributed by atoms with E-state index in [9.17, 15) is 15.0 Å². The van der Waals surface area contributed by atoms with Crippen molar-refractivity contribution in [3.8, 4) is 11.5 Å². The number of nitrogens with zero attached hydrogens (tertiary/aromatic N) is 1. The summed E-state index contributed by atoms with van der Waals surface area (Å²) in [5.41, 5.74) is 1.97. The van der Waals surface area contributed by atoms with Gasteiger partial charge in [0.05, 0.1) is 19.3 Å². The first-order valence-electron chi connectivity index (χ1n) is 11.3. The zero-order chi connectivity index (χ0) is 22.7. The number of aliphatic hydroxyl groups is 2. The number of likely N-dealkylation sites (tertiary alicyclic amines) is 1. The van der Waals surface area contributed by atoms with E-state index in [1.165, 1.54) is 0 Å². The normalized spacial score (nSPS) is 20.8. The largest absolute Gasteiger partial charge is 0.497 e. The van der Waals surface area contributed by atoms with Crippen LogP contribution in [0, 0.1) is 0 Å². The van der Waals surface area contributed by atoms with Gasteiger partial charge >= 0.3 is 0 Å². The van der Waals surface area contributed by atoms with Gasteiger partial charge in [0, 0.05) is 43.7 Å². The zero-order valence-corrected chi connectivity index (χ0v) is 18.7. The predicted octanol–water partition coefficient (Wildman–Crippen LogP) is 3.43. The molecule has 2 aromatic carbocycles. The number of hydrogen-bond donors (Lipinski definition) is 3. The lowest BCUT2D eigenvalue weighted by atomic mass is 9.81. The Kier molecular flexibility index (Phi) is 6.69. The van der Waals surface area contributed by atoms with E-state index in [0.717, 1.165) is 48.5 Å². The molecule has 1 amide bonds. The van der Waals surface area contributed by atoms with Crippen LogP contribution in [-0.2, 0) is 4.79 Å². The molecule has 172 valence electrons. The third kappa shape index (κ3) is 4.90. The van der Waals surface area contributed by atoms with Gasteiger partial charge in [0.2, 0.25) is 5.91 Å². The van der Waals surface area contributed by atoms with Crippen LogP contribution in [0.4, 0.5) is 5.69 Å². The average molecular weight is 441 g/mol. The molecule has 1 saturated heterocycles. The summed E-state index contributed by atoms with van der Waals surface area (Å²) in [6.07, 6.45) is 1.41. The van der Waals surface area contributed by atoms with Crippen molar-refractivity contribution in [2.45, 2.75) is 50.4 Å². The van der Waals surface area contributed by atoms with E-state index in [2.05, 4.69) is 10.2 Å². The van der Waals surface area contributed by atoms with E-state index in [1.54, 1.807) is 7.11 Å². The molecule has 2 heterocycles. The van der Waals surface area contributed by atoms with E-state index < -0.39 is 12.2 Å². The molecule has 1 spiro atoms. The van der Waals surface area contributed by atoms with Gasteiger partial charge in [-0.15, -0.1) is 0 Å². The minimum Gasteiger partial charge on any atom is -0.497 e. The smallest absolute Gasteiger partial charge is 0.224 e. The molecule has 4 rings (SSSR count). The molecule has 7 heteroatoms. The van der Waals surface area contributed by atoms with Crippen LogP contribution in [0.25, 0.3) is 0 Å². The van der Waals surface area contributed by atoms with Crippen LogP contribution in [0.15, 0.2) is 42.5 Å². The number of anilines is 1. The first kappa shape index (κ1) is 22.6. The van der Waals surface area contributed by atoms with E-state index in [4.69, 9.17) is 9.47 Å². The Morgan fingerprint density at radius 2 is 1.97 bits per heavy atom. The van der Waals surface area contributed by atoms with Crippen LogP contribution >= 0.6 is 0 Å². The number of β-amino-alcohol motifs (C(OH)–C–C–N with tert-alkyl or cyclic N) is 1. The van der Waals surface area contributed by atoms with Gasteiger partial charge in [0.15, 0.2) is 0 Å². The van der Waals surface area contributed by atoms with Crippen LogP contribution in [0.2, 0.25) is 0 Å². The summed E-state index contributed by atoms with van der Waals surface area (Å²) in [6, 6.07) is 12.9. The Morgan fingerprint density at radius 3 is 2.62 bits per heavy atom. The summed E-state index contributed by atoms with van der Waals surface area (Å²) >= 11 is 0. The van der Waals surface area contributed by atoms with E-state index in [0.29, 0.717) is 25.1 Å². The minimum atomic E-state index is -0.606. The van der Waals surface area contributed by atoms with E-state index >= 15 is 0 Å². The molecule has 2 aromatic rings. The molecule has 1 fully saturated rings. The summed E-state index contributed by atoms with van der Waals surface area (Å²) in [7, 11) is 1.61. The van der Waals surface area contributed by atoms with Crippen LogP contribution in [0.1, 0.15) is 55.9 Å². The summed E-state index contributed by atoms with van der Waals surface area (Å²) in [4.78, 5) is 13.7. The van der Waals surface area contributed by atoms with Crippen molar-refractivity contribution in [1.82, 2.24) is 4.90 Å². The van der Waals surface area contributed by atoms with Crippen molar-refractivity contribution in [2.75, 3.05) is 32.1 Å². The molecule has 2 atom stereocenters. The number of carbonyl (C=O) groups excluding carboxylic acids is 1. The fourth-order valence-corrected chi connectivity index (χ4v) is 4.58. The van der Waals surface area contributed by atoms with Gasteiger partial charge in [-0.1, -0.05) is 19.1 Å². The topological polar surface area (TPSA) is 91.3 Å². The van der Waals surface area contributed by atoms with Crippen molar-refractivity contribution in [2.24, 2.45) is 0 Å². The minimum absolute atomic E-state index is 0.0302. The Balaban J connectivity index is 1.33. The first-order chi connectivity index (χ1) is 15.4. The van der Waals surface area contributed by atoms with Crippen molar-refractivity contribution >= 4 is 11.6 Å². The molecule has 0 radical (unpaired) electrons. The predicted molar refractivity (Wildman–Crippen MR) is 122 cm³/mol. The van der Waals surface area contributed by atoms with Gasteiger partial charge in [0.1, 0.15) is 17.1 Å². The van der Waals surface area contributed by atoms with Crippen LogP contribution < -0.4 is 14.8 Å². The summed E-state index contributed by atoms with van der Waals surface area (Å²) in [6.45, 7) is 3.93. The lowest BCUT2D eigenvalue weighted by Crippen LogP contribution is -2.51.